The minimum Gasteiger partial charge on any atom is -0.493 e. The highest BCUT2D eigenvalue weighted by molar-refractivity contribution is 5.84. The maximum Gasteiger partial charge on any atom is 0.453 e. The normalized spacial score (nSPS) is 28.3. The molecule has 0 aromatic heterocycles. The van der Waals surface area contributed by atoms with Gasteiger partial charge in [-0.3, -0.25) is 4.79 Å². The predicted molar refractivity (Wildman–Crippen MR) is 102 cm³/mol. The van der Waals surface area contributed by atoms with E-state index in [9.17, 15) is 40.5 Å². The van der Waals surface area contributed by atoms with E-state index in [4.69, 9.17) is 20.1 Å². The molecule has 0 amide bonds. The molecule has 0 bridgehead atoms. The van der Waals surface area contributed by atoms with Crippen molar-refractivity contribution < 1.29 is 65.3 Å². The lowest BCUT2D eigenvalue weighted by molar-refractivity contribution is -0.525. The van der Waals surface area contributed by atoms with Gasteiger partial charge < -0.3 is 60.5 Å². The Morgan fingerprint density at radius 1 is 1.03 bits per heavy atom. The molecular weight excluding hydrogens is 450 g/mol. The largest absolute Gasteiger partial charge is 0.493 e. The molecule has 2 unspecified atom stereocenters. The molecule has 2 atom stereocenters. The number of ether oxygens (including phenoxy) is 2. The number of carbonyl (C=O) groups is 1. The third kappa shape index (κ3) is 3.78. The van der Waals surface area contributed by atoms with Gasteiger partial charge in [-0.15, -0.1) is 0 Å². The SMILES string of the molecule is COc1cc2c(cc1OC(O)(O)O)C1(O)CC(=O)C(CC(C)C)C(O)(O)N1C(O)(O)C2(O)O. The van der Waals surface area contributed by atoms with Crippen LogP contribution in [0.5, 0.6) is 11.5 Å². The van der Waals surface area contributed by atoms with Crippen molar-refractivity contribution in [1.29, 1.82) is 0 Å². The highest BCUT2D eigenvalue weighted by Gasteiger charge is 2.74. The molecule has 1 aromatic carbocycles. The van der Waals surface area contributed by atoms with E-state index >= 15 is 0 Å². The number of methoxy groups -OCH3 is 1. The first-order valence-electron chi connectivity index (χ1n) is 9.79. The molecule has 1 saturated heterocycles. The number of benzene rings is 1. The standard InChI is InChI=1S/C19H27NO13/c1-8(2)4-11-12(21)7-15(22)9-5-14(33-19(29,30)31)13(32-3)6-10(9)16(23,24)18(27,28)20(15)17(11,25)26/h5-6,8,11,22-31H,4,7H2,1-3H3. The summed E-state index contributed by atoms with van der Waals surface area (Å²) < 4.78 is 9.41. The van der Waals surface area contributed by atoms with Crippen LogP contribution in [0.4, 0.5) is 0 Å². The number of ketones is 1. The van der Waals surface area contributed by atoms with Gasteiger partial charge in [0.05, 0.1) is 19.4 Å². The van der Waals surface area contributed by atoms with Crippen molar-refractivity contribution >= 4 is 5.78 Å². The van der Waals surface area contributed by atoms with Crippen LogP contribution in [0.1, 0.15) is 37.8 Å². The fraction of sp³-hybridized carbons (Fsp3) is 0.632. The number of aliphatic hydroxyl groups is 10. The Kier molecular flexibility index (Phi) is 5.85. The predicted octanol–water partition coefficient (Wildman–Crippen LogP) is -3.83. The Balaban J connectivity index is 2.34. The van der Waals surface area contributed by atoms with E-state index in [2.05, 4.69) is 4.74 Å². The van der Waals surface area contributed by atoms with Crippen LogP contribution in [0.2, 0.25) is 0 Å². The molecule has 2 heterocycles. The summed E-state index contributed by atoms with van der Waals surface area (Å²) in [6, 6.07) is 1.36. The number of carbonyl (C=O) groups excluding carboxylic acids is 1. The molecule has 1 aromatic rings. The molecule has 10 N–H and O–H groups in total. The summed E-state index contributed by atoms with van der Waals surface area (Å²) in [5.41, 5.74) is -4.58. The van der Waals surface area contributed by atoms with Crippen LogP contribution in [0, 0.1) is 11.8 Å². The van der Waals surface area contributed by atoms with Crippen molar-refractivity contribution in [2.24, 2.45) is 11.8 Å². The van der Waals surface area contributed by atoms with Gasteiger partial charge in [0.1, 0.15) is 5.78 Å². The number of hydrogen-bond acceptors (Lipinski definition) is 14. The van der Waals surface area contributed by atoms with E-state index in [1.165, 1.54) is 0 Å². The molecule has 0 saturated carbocycles. The Labute approximate surface area is 186 Å². The average molecular weight is 477 g/mol. The Morgan fingerprint density at radius 2 is 1.58 bits per heavy atom. The minimum atomic E-state index is -3.98. The van der Waals surface area contributed by atoms with Crippen molar-refractivity contribution in [2.75, 3.05) is 7.11 Å². The van der Waals surface area contributed by atoms with Gasteiger partial charge >= 0.3 is 6.16 Å². The first-order chi connectivity index (χ1) is 14.8. The smallest absolute Gasteiger partial charge is 0.453 e. The Morgan fingerprint density at radius 3 is 2.06 bits per heavy atom. The van der Waals surface area contributed by atoms with Gasteiger partial charge in [0.2, 0.25) is 5.91 Å². The topological polar surface area (TPSA) is 241 Å². The molecule has 0 spiro atoms. The van der Waals surface area contributed by atoms with Gasteiger partial charge in [-0.25, -0.2) is 0 Å². The molecule has 14 heteroatoms. The molecule has 2 aliphatic heterocycles. The van der Waals surface area contributed by atoms with Gasteiger partial charge in [-0.2, -0.15) is 4.90 Å². The lowest BCUT2D eigenvalue weighted by Gasteiger charge is -2.61. The van der Waals surface area contributed by atoms with E-state index in [0.717, 1.165) is 7.11 Å². The van der Waals surface area contributed by atoms with Crippen LogP contribution in [0.25, 0.3) is 0 Å². The maximum atomic E-state index is 12.9. The van der Waals surface area contributed by atoms with Crippen LogP contribution in [-0.4, -0.2) is 86.8 Å². The van der Waals surface area contributed by atoms with Crippen LogP contribution in [0.15, 0.2) is 12.1 Å². The van der Waals surface area contributed by atoms with Gasteiger partial charge in [0.25, 0.3) is 11.7 Å². The molecular formula is C19H27NO13. The number of nitrogens with zero attached hydrogens (tertiary/aromatic N) is 1. The molecule has 0 radical (unpaired) electrons. The molecule has 0 aliphatic carbocycles. The van der Waals surface area contributed by atoms with Crippen LogP contribution in [0.3, 0.4) is 0 Å². The van der Waals surface area contributed by atoms with Gasteiger partial charge in [-0.05, 0) is 24.5 Å². The fourth-order valence-electron chi connectivity index (χ4n) is 4.46. The van der Waals surface area contributed by atoms with Crippen molar-refractivity contribution in [3.8, 4) is 11.5 Å². The monoisotopic (exact) mass is 477 g/mol. The summed E-state index contributed by atoms with van der Waals surface area (Å²) in [7, 11) is 1.03. The first kappa shape index (κ1) is 25.7. The highest BCUT2D eigenvalue weighted by atomic mass is 16.9. The van der Waals surface area contributed by atoms with E-state index in [1.807, 2.05) is 0 Å². The lowest BCUT2D eigenvalue weighted by atomic mass is 9.72. The number of fused-ring (bicyclic) bond motifs is 3. The second-order valence-corrected chi connectivity index (χ2v) is 8.70. The van der Waals surface area contributed by atoms with Crippen molar-refractivity contribution in [2.45, 2.75) is 56.2 Å². The minimum absolute atomic E-state index is 0.176. The van der Waals surface area contributed by atoms with Gasteiger partial charge in [-0.1, -0.05) is 13.8 Å². The molecule has 33 heavy (non-hydrogen) atoms. The summed E-state index contributed by atoms with van der Waals surface area (Å²) in [5.74, 6) is -15.3. The highest BCUT2D eigenvalue weighted by Crippen LogP contribution is 2.57. The maximum absolute atomic E-state index is 12.9. The van der Waals surface area contributed by atoms with E-state index in [0.29, 0.717) is 12.1 Å². The van der Waals surface area contributed by atoms with E-state index in [1.54, 1.807) is 13.8 Å². The molecule has 1 fully saturated rings. The number of Topliss-reactive ketones (excluding diaryl/α,β-unsaturated/α-hetero) is 1. The van der Waals surface area contributed by atoms with E-state index in [-0.39, 0.29) is 17.2 Å². The number of hydrogen-bond donors (Lipinski definition) is 10. The molecule has 186 valence electrons. The van der Waals surface area contributed by atoms with Gasteiger partial charge in [0, 0.05) is 11.1 Å². The summed E-state index contributed by atoms with van der Waals surface area (Å²) in [4.78, 5) is 12.6. The molecule has 2 aliphatic rings. The summed E-state index contributed by atoms with van der Waals surface area (Å²) in [6.07, 6.45) is -4.91. The zero-order valence-electron chi connectivity index (χ0n) is 17.9. The lowest BCUT2D eigenvalue weighted by Crippen LogP contribution is -2.82. The van der Waals surface area contributed by atoms with E-state index < -0.39 is 70.2 Å². The van der Waals surface area contributed by atoms with Crippen molar-refractivity contribution in [3.63, 3.8) is 0 Å². The van der Waals surface area contributed by atoms with Crippen LogP contribution < -0.4 is 9.47 Å². The zero-order chi connectivity index (χ0) is 25.4. The molecule has 3 rings (SSSR count). The fourth-order valence-corrected chi connectivity index (χ4v) is 4.46. The van der Waals surface area contributed by atoms with Crippen LogP contribution in [-0.2, 0) is 16.3 Å². The third-order valence-corrected chi connectivity index (χ3v) is 5.82. The second-order valence-electron chi connectivity index (χ2n) is 8.70. The summed E-state index contributed by atoms with van der Waals surface area (Å²) >= 11 is 0. The Hall–Kier alpha value is -1.95. The van der Waals surface area contributed by atoms with Gasteiger partial charge in [0.15, 0.2) is 17.2 Å². The first-order valence-corrected chi connectivity index (χ1v) is 9.79. The average Bonchev–Trinajstić information content (AvgIpc) is 2.61. The van der Waals surface area contributed by atoms with Crippen molar-refractivity contribution in [3.05, 3.63) is 23.3 Å². The quantitative estimate of drug-likeness (QED) is 0.183. The summed E-state index contributed by atoms with van der Waals surface area (Å²) in [5, 5.41) is 103. The number of rotatable bonds is 5. The summed E-state index contributed by atoms with van der Waals surface area (Å²) in [6.45, 7) is 3.29. The zero-order valence-corrected chi connectivity index (χ0v) is 17.9. The molecule has 14 nitrogen and oxygen atoms in total. The van der Waals surface area contributed by atoms with Crippen LogP contribution >= 0.6 is 0 Å². The number of piperidine rings is 1. The second kappa shape index (κ2) is 7.53. The van der Waals surface area contributed by atoms with Crippen molar-refractivity contribution in [1.82, 2.24) is 4.90 Å². The Bertz CT molecular complexity index is 952. The third-order valence-electron chi connectivity index (χ3n) is 5.82.